The van der Waals surface area contributed by atoms with Gasteiger partial charge in [0, 0.05) is 30.4 Å². The number of carbonyl (C=O) groups is 2. The van der Waals surface area contributed by atoms with Gasteiger partial charge in [-0.1, -0.05) is 30.3 Å². The normalized spacial score (nSPS) is 14.0. The lowest BCUT2D eigenvalue weighted by atomic mass is 10.1. The number of fused-ring (bicyclic) bond motifs is 1. The lowest BCUT2D eigenvalue weighted by molar-refractivity contribution is -0.118. The van der Waals surface area contributed by atoms with Crippen molar-refractivity contribution in [3.63, 3.8) is 0 Å². The molecule has 0 aliphatic carbocycles. The number of anilines is 2. The standard InChI is InChI=1S/C21H25N3O2/c1-15(22)6-11-20(25)23-18-9-7-16(8-10-18)14-21(26)24-13-12-17-4-2-3-5-19(17)24/h2-5,7-10,15H,6,11-14,22H2,1H3,(H,23,25). The van der Waals surface area contributed by atoms with Crippen LogP contribution in [0.3, 0.4) is 0 Å². The third-order valence-corrected chi connectivity index (χ3v) is 4.61. The Morgan fingerprint density at radius 2 is 1.88 bits per heavy atom. The average molecular weight is 351 g/mol. The molecule has 1 unspecified atom stereocenters. The molecule has 1 aliphatic rings. The summed E-state index contributed by atoms with van der Waals surface area (Å²) in [7, 11) is 0. The van der Waals surface area contributed by atoms with Gasteiger partial charge in [0.25, 0.3) is 0 Å². The molecular weight excluding hydrogens is 326 g/mol. The van der Waals surface area contributed by atoms with Crippen molar-refractivity contribution in [2.45, 2.75) is 38.6 Å². The Bertz CT molecular complexity index is 784. The van der Waals surface area contributed by atoms with E-state index < -0.39 is 0 Å². The Hall–Kier alpha value is -2.66. The highest BCUT2D eigenvalue weighted by atomic mass is 16.2. The molecule has 1 atom stereocenters. The SMILES string of the molecule is CC(N)CCC(=O)Nc1ccc(CC(=O)N2CCc3ccccc32)cc1. The first kappa shape index (κ1) is 18.1. The van der Waals surface area contributed by atoms with Gasteiger partial charge in [0.2, 0.25) is 11.8 Å². The number of rotatable bonds is 6. The minimum absolute atomic E-state index is 0.0184. The van der Waals surface area contributed by atoms with Crippen molar-refractivity contribution in [2.75, 3.05) is 16.8 Å². The van der Waals surface area contributed by atoms with Crippen LogP contribution in [0.4, 0.5) is 11.4 Å². The van der Waals surface area contributed by atoms with E-state index >= 15 is 0 Å². The van der Waals surface area contributed by atoms with E-state index in [0.29, 0.717) is 19.3 Å². The predicted molar refractivity (Wildman–Crippen MR) is 104 cm³/mol. The monoisotopic (exact) mass is 351 g/mol. The molecule has 0 bridgehead atoms. The van der Waals surface area contributed by atoms with Gasteiger partial charge >= 0.3 is 0 Å². The molecule has 1 heterocycles. The highest BCUT2D eigenvalue weighted by Crippen LogP contribution is 2.28. The molecule has 0 fully saturated rings. The molecule has 0 saturated heterocycles. The van der Waals surface area contributed by atoms with Gasteiger partial charge < -0.3 is 16.0 Å². The van der Waals surface area contributed by atoms with Crippen LogP contribution in [0, 0.1) is 0 Å². The zero-order chi connectivity index (χ0) is 18.5. The average Bonchev–Trinajstić information content (AvgIpc) is 3.06. The van der Waals surface area contributed by atoms with Gasteiger partial charge in [-0.05, 0) is 49.1 Å². The molecule has 0 aromatic heterocycles. The maximum atomic E-state index is 12.6. The second-order valence-corrected chi connectivity index (χ2v) is 6.86. The molecular formula is C21H25N3O2. The fourth-order valence-electron chi connectivity index (χ4n) is 3.16. The molecule has 0 spiro atoms. The van der Waals surface area contributed by atoms with Gasteiger partial charge in [0.1, 0.15) is 0 Å². The van der Waals surface area contributed by atoms with Gasteiger partial charge in [-0.2, -0.15) is 0 Å². The molecule has 136 valence electrons. The number of hydrogen-bond acceptors (Lipinski definition) is 3. The van der Waals surface area contributed by atoms with E-state index in [4.69, 9.17) is 5.73 Å². The molecule has 0 saturated carbocycles. The van der Waals surface area contributed by atoms with Crippen LogP contribution >= 0.6 is 0 Å². The van der Waals surface area contributed by atoms with Crippen LogP contribution in [0.15, 0.2) is 48.5 Å². The third-order valence-electron chi connectivity index (χ3n) is 4.61. The topological polar surface area (TPSA) is 75.4 Å². The summed E-state index contributed by atoms with van der Waals surface area (Å²) in [6.45, 7) is 2.63. The summed E-state index contributed by atoms with van der Waals surface area (Å²) >= 11 is 0. The van der Waals surface area contributed by atoms with Crippen LogP contribution in [0.1, 0.15) is 30.9 Å². The summed E-state index contributed by atoms with van der Waals surface area (Å²) in [6, 6.07) is 15.5. The zero-order valence-corrected chi connectivity index (χ0v) is 15.1. The third kappa shape index (κ3) is 4.49. The maximum absolute atomic E-state index is 12.6. The quantitative estimate of drug-likeness (QED) is 0.840. The Morgan fingerprint density at radius 3 is 2.62 bits per heavy atom. The van der Waals surface area contributed by atoms with Crippen LogP contribution in [-0.4, -0.2) is 24.4 Å². The number of amides is 2. The first-order valence-electron chi connectivity index (χ1n) is 9.05. The Balaban J connectivity index is 1.56. The number of para-hydroxylation sites is 1. The number of nitrogens with one attached hydrogen (secondary N) is 1. The molecule has 2 aromatic rings. The smallest absolute Gasteiger partial charge is 0.231 e. The van der Waals surface area contributed by atoms with Crippen molar-refractivity contribution >= 4 is 23.2 Å². The van der Waals surface area contributed by atoms with Crippen LogP contribution < -0.4 is 16.0 Å². The zero-order valence-electron chi connectivity index (χ0n) is 15.1. The van der Waals surface area contributed by atoms with Crippen LogP contribution in [0.5, 0.6) is 0 Å². The minimum atomic E-state index is -0.0419. The molecule has 2 aromatic carbocycles. The van der Waals surface area contributed by atoms with E-state index in [0.717, 1.165) is 29.9 Å². The molecule has 5 nitrogen and oxygen atoms in total. The summed E-state index contributed by atoms with van der Waals surface area (Å²) in [5.41, 5.74) is 9.59. The van der Waals surface area contributed by atoms with Gasteiger partial charge in [0.05, 0.1) is 6.42 Å². The lowest BCUT2D eigenvalue weighted by Gasteiger charge is -2.17. The number of carbonyl (C=O) groups excluding carboxylic acids is 2. The molecule has 3 rings (SSSR count). The second kappa shape index (κ2) is 8.15. The molecule has 5 heteroatoms. The van der Waals surface area contributed by atoms with Gasteiger partial charge in [-0.15, -0.1) is 0 Å². The van der Waals surface area contributed by atoms with E-state index in [-0.39, 0.29) is 17.9 Å². The van der Waals surface area contributed by atoms with Crippen molar-refractivity contribution in [3.8, 4) is 0 Å². The first-order chi connectivity index (χ1) is 12.5. The fourth-order valence-corrected chi connectivity index (χ4v) is 3.16. The number of nitrogens with zero attached hydrogens (tertiary/aromatic N) is 1. The Labute approximate surface area is 154 Å². The van der Waals surface area contributed by atoms with Crippen molar-refractivity contribution in [3.05, 3.63) is 59.7 Å². The Morgan fingerprint density at radius 1 is 1.15 bits per heavy atom. The summed E-state index contributed by atoms with van der Waals surface area (Å²) < 4.78 is 0. The molecule has 0 radical (unpaired) electrons. The molecule has 26 heavy (non-hydrogen) atoms. The highest BCUT2D eigenvalue weighted by molar-refractivity contribution is 5.97. The second-order valence-electron chi connectivity index (χ2n) is 6.86. The van der Waals surface area contributed by atoms with Crippen LogP contribution in [0.2, 0.25) is 0 Å². The van der Waals surface area contributed by atoms with Crippen molar-refractivity contribution < 1.29 is 9.59 Å². The van der Waals surface area contributed by atoms with E-state index in [2.05, 4.69) is 11.4 Å². The summed E-state index contributed by atoms with van der Waals surface area (Å²) in [5, 5.41) is 2.86. The largest absolute Gasteiger partial charge is 0.328 e. The van der Waals surface area contributed by atoms with Crippen LogP contribution in [-0.2, 0) is 22.4 Å². The Kier molecular flexibility index (Phi) is 5.68. The summed E-state index contributed by atoms with van der Waals surface area (Å²) in [4.78, 5) is 26.3. The number of benzene rings is 2. The summed E-state index contributed by atoms with van der Waals surface area (Å²) in [5.74, 6) is 0.0588. The number of nitrogens with two attached hydrogens (primary N) is 1. The van der Waals surface area contributed by atoms with E-state index in [1.54, 1.807) is 0 Å². The van der Waals surface area contributed by atoms with Gasteiger partial charge in [-0.25, -0.2) is 0 Å². The molecule has 1 aliphatic heterocycles. The van der Waals surface area contributed by atoms with E-state index in [1.807, 2.05) is 54.3 Å². The highest BCUT2D eigenvalue weighted by Gasteiger charge is 2.23. The predicted octanol–water partition coefficient (Wildman–Crippen LogP) is 2.88. The molecule has 3 N–H and O–H groups in total. The van der Waals surface area contributed by atoms with E-state index in [1.165, 1.54) is 5.56 Å². The number of hydrogen-bond donors (Lipinski definition) is 2. The first-order valence-corrected chi connectivity index (χ1v) is 9.05. The van der Waals surface area contributed by atoms with Crippen molar-refractivity contribution in [1.82, 2.24) is 0 Å². The lowest BCUT2D eigenvalue weighted by Crippen LogP contribution is -2.30. The van der Waals surface area contributed by atoms with Crippen LogP contribution in [0.25, 0.3) is 0 Å². The fraction of sp³-hybridized carbons (Fsp3) is 0.333. The van der Waals surface area contributed by atoms with Gasteiger partial charge in [-0.3, -0.25) is 9.59 Å². The maximum Gasteiger partial charge on any atom is 0.231 e. The molecule has 2 amide bonds. The minimum Gasteiger partial charge on any atom is -0.328 e. The van der Waals surface area contributed by atoms with Gasteiger partial charge in [0.15, 0.2) is 0 Å². The van der Waals surface area contributed by atoms with Crippen molar-refractivity contribution in [1.29, 1.82) is 0 Å². The van der Waals surface area contributed by atoms with E-state index in [9.17, 15) is 9.59 Å². The van der Waals surface area contributed by atoms with Crippen molar-refractivity contribution in [2.24, 2.45) is 5.73 Å². The summed E-state index contributed by atoms with van der Waals surface area (Å²) in [6.07, 6.45) is 2.34.